The molecule has 0 unspecified atom stereocenters. The van der Waals surface area contributed by atoms with E-state index in [1.54, 1.807) is 0 Å². The minimum absolute atomic E-state index is 0.630. The van der Waals surface area contributed by atoms with Crippen LogP contribution < -0.4 is 4.74 Å². The summed E-state index contributed by atoms with van der Waals surface area (Å²) in [5, 5.41) is 0. The summed E-state index contributed by atoms with van der Waals surface area (Å²) in [6, 6.07) is 20.0. The van der Waals surface area contributed by atoms with Crippen molar-refractivity contribution >= 4 is 11.6 Å². The van der Waals surface area contributed by atoms with E-state index in [0.717, 1.165) is 11.6 Å². The predicted molar refractivity (Wildman–Crippen MR) is 87.5 cm³/mol. The number of hydrogen-bond donors (Lipinski definition) is 0. The van der Waals surface area contributed by atoms with Crippen LogP contribution in [0.1, 0.15) is 31.7 Å². The zero-order valence-electron chi connectivity index (χ0n) is 12.1. The molecule has 0 N–H and O–H groups in total. The highest BCUT2D eigenvalue weighted by atomic mass is 35.5. The van der Waals surface area contributed by atoms with Gasteiger partial charge in [0.1, 0.15) is 12.4 Å². The smallest absolute Gasteiger partial charge is 0.119 e. The van der Waals surface area contributed by atoms with Crippen LogP contribution >= 0.6 is 11.6 Å². The first-order valence-electron chi connectivity index (χ1n) is 7.14. The van der Waals surface area contributed by atoms with E-state index in [0.29, 0.717) is 6.61 Å². The van der Waals surface area contributed by atoms with Crippen molar-refractivity contribution in [3.63, 3.8) is 0 Å². The number of rotatable bonds is 6. The van der Waals surface area contributed by atoms with Crippen molar-refractivity contribution in [2.45, 2.75) is 32.8 Å². The van der Waals surface area contributed by atoms with E-state index in [2.05, 4.69) is 19.1 Å². The first kappa shape index (κ1) is 16.6. The van der Waals surface area contributed by atoms with Crippen LogP contribution in [0.15, 0.2) is 60.7 Å². The lowest BCUT2D eigenvalue weighted by atomic mass is 10.2. The third kappa shape index (κ3) is 7.85. The molecule has 0 saturated carbocycles. The fourth-order valence-electron chi connectivity index (χ4n) is 1.60. The van der Waals surface area contributed by atoms with Crippen LogP contribution in [0.3, 0.4) is 0 Å². The lowest BCUT2D eigenvalue weighted by Crippen LogP contribution is -1.94. The maximum atomic E-state index is 5.59. The van der Waals surface area contributed by atoms with Crippen LogP contribution in [-0.4, -0.2) is 5.88 Å². The molecule has 0 fully saturated rings. The van der Waals surface area contributed by atoms with Gasteiger partial charge in [0.15, 0.2) is 0 Å². The minimum atomic E-state index is 0.630. The Morgan fingerprint density at radius 3 is 1.95 bits per heavy atom. The summed E-state index contributed by atoms with van der Waals surface area (Å²) in [4.78, 5) is 0. The second-order valence-electron chi connectivity index (χ2n) is 4.48. The molecule has 0 aliphatic carbocycles. The van der Waals surface area contributed by atoms with Crippen LogP contribution in [0.2, 0.25) is 0 Å². The Labute approximate surface area is 127 Å². The van der Waals surface area contributed by atoms with Gasteiger partial charge in [0.25, 0.3) is 0 Å². The summed E-state index contributed by atoms with van der Waals surface area (Å²) in [7, 11) is 0. The molecule has 0 radical (unpaired) electrons. The van der Waals surface area contributed by atoms with Gasteiger partial charge in [-0.15, -0.1) is 11.6 Å². The largest absolute Gasteiger partial charge is 0.489 e. The molecule has 2 aromatic carbocycles. The van der Waals surface area contributed by atoms with Gasteiger partial charge in [-0.1, -0.05) is 68.3 Å². The number of halogens is 1. The van der Waals surface area contributed by atoms with Crippen molar-refractivity contribution in [1.82, 2.24) is 0 Å². The molecule has 1 nitrogen and oxygen atoms in total. The van der Waals surface area contributed by atoms with Crippen LogP contribution in [0.5, 0.6) is 5.75 Å². The van der Waals surface area contributed by atoms with E-state index >= 15 is 0 Å². The average molecular weight is 291 g/mol. The van der Waals surface area contributed by atoms with Gasteiger partial charge in [-0.05, 0) is 24.1 Å². The van der Waals surface area contributed by atoms with Crippen molar-refractivity contribution in [1.29, 1.82) is 0 Å². The summed E-state index contributed by atoms with van der Waals surface area (Å²) in [6.45, 7) is 2.80. The molecule has 108 valence electrons. The Hall–Kier alpha value is -1.47. The van der Waals surface area contributed by atoms with E-state index in [1.807, 2.05) is 48.5 Å². The van der Waals surface area contributed by atoms with Crippen LogP contribution in [0.25, 0.3) is 0 Å². The molecule has 2 heteroatoms. The fraction of sp³-hybridized carbons (Fsp3) is 0.333. The van der Waals surface area contributed by atoms with E-state index in [1.165, 1.54) is 24.8 Å². The van der Waals surface area contributed by atoms with Crippen LogP contribution in [-0.2, 0) is 6.61 Å². The Morgan fingerprint density at radius 2 is 1.45 bits per heavy atom. The number of benzene rings is 2. The molecule has 0 amide bonds. The van der Waals surface area contributed by atoms with Gasteiger partial charge in [0.05, 0.1) is 0 Å². The zero-order chi connectivity index (χ0) is 14.5. The van der Waals surface area contributed by atoms with E-state index in [4.69, 9.17) is 16.3 Å². The molecule has 0 aliphatic heterocycles. The van der Waals surface area contributed by atoms with Crippen LogP contribution in [0.4, 0.5) is 0 Å². The summed E-state index contributed by atoms with van der Waals surface area (Å²) in [5.74, 6) is 1.74. The Kier molecular flexibility index (Phi) is 9.42. The molecule has 0 atom stereocenters. The number of para-hydroxylation sites is 1. The van der Waals surface area contributed by atoms with Crippen molar-refractivity contribution in [3.8, 4) is 5.75 Å². The molecule has 20 heavy (non-hydrogen) atoms. The summed E-state index contributed by atoms with van der Waals surface area (Å²) in [5.41, 5.74) is 1.19. The third-order valence-corrected chi connectivity index (χ3v) is 3.00. The Bertz CT molecular complexity index is 384. The van der Waals surface area contributed by atoms with Gasteiger partial charge in [-0.2, -0.15) is 0 Å². The summed E-state index contributed by atoms with van der Waals surface area (Å²) < 4.78 is 5.59. The van der Waals surface area contributed by atoms with Gasteiger partial charge in [0, 0.05) is 5.88 Å². The van der Waals surface area contributed by atoms with Gasteiger partial charge in [-0.25, -0.2) is 0 Å². The lowest BCUT2D eigenvalue weighted by Gasteiger charge is -2.05. The number of ether oxygens (including phenoxy) is 1. The topological polar surface area (TPSA) is 9.23 Å². The molecule has 0 spiro atoms. The lowest BCUT2D eigenvalue weighted by molar-refractivity contribution is 0.306. The number of alkyl halides is 1. The standard InChI is InChI=1S/C13H12O.C5H11Cl/c1-3-7-12(8-4-1)11-14-13-9-5-2-6-10-13;1-2-3-4-5-6/h1-10H,11H2;2-5H2,1H3. The number of unbranched alkanes of at least 4 members (excludes halogenated alkanes) is 2. The van der Waals surface area contributed by atoms with Gasteiger partial charge in [0.2, 0.25) is 0 Å². The molecule has 0 aliphatic rings. The molecule has 2 aromatic rings. The van der Waals surface area contributed by atoms with E-state index in [9.17, 15) is 0 Å². The highest BCUT2D eigenvalue weighted by Gasteiger charge is 1.92. The van der Waals surface area contributed by atoms with Crippen molar-refractivity contribution < 1.29 is 4.74 Å². The van der Waals surface area contributed by atoms with Gasteiger partial charge < -0.3 is 4.74 Å². The monoisotopic (exact) mass is 290 g/mol. The highest BCUT2D eigenvalue weighted by molar-refractivity contribution is 6.17. The summed E-state index contributed by atoms with van der Waals surface area (Å²) >= 11 is 5.38. The van der Waals surface area contributed by atoms with Crippen molar-refractivity contribution in [2.24, 2.45) is 0 Å². The van der Waals surface area contributed by atoms with Gasteiger partial charge in [-0.3, -0.25) is 0 Å². The summed E-state index contributed by atoms with van der Waals surface area (Å²) in [6.07, 6.45) is 3.73. The Balaban J connectivity index is 0.000000286. The SMILES string of the molecule is CCCCCCl.c1ccc(COc2ccccc2)cc1. The third-order valence-electron chi connectivity index (χ3n) is 2.73. The van der Waals surface area contributed by atoms with Crippen molar-refractivity contribution in [3.05, 3.63) is 66.2 Å². The maximum absolute atomic E-state index is 5.59. The molecular weight excluding hydrogens is 268 g/mol. The zero-order valence-corrected chi connectivity index (χ0v) is 12.9. The minimum Gasteiger partial charge on any atom is -0.489 e. The van der Waals surface area contributed by atoms with E-state index in [-0.39, 0.29) is 0 Å². The van der Waals surface area contributed by atoms with Crippen LogP contribution in [0, 0.1) is 0 Å². The van der Waals surface area contributed by atoms with Gasteiger partial charge >= 0.3 is 0 Å². The quantitative estimate of drug-likeness (QED) is 0.491. The normalized spacial score (nSPS) is 9.50. The average Bonchev–Trinajstić information content (AvgIpc) is 2.53. The molecule has 0 aromatic heterocycles. The van der Waals surface area contributed by atoms with E-state index < -0.39 is 0 Å². The fourth-order valence-corrected chi connectivity index (χ4v) is 1.79. The molecule has 0 bridgehead atoms. The second kappa shape index (κ2) is 11.4. The molecule has 2 rings (SSSR count). The first-order valence-corrected chi connectivity index (χ1v) is 7.68. The molecular formula is C18H23ClO. The first-order chi connectivity index (χ1) is 9.86. The molecule has 0 heterocycles. The van der Waals surface area contributed by atoms with Crippen molar-refractivity contribution in [2.75, 3.05) is 5.88 Å². The highest BCUT2D eigenvalue weighted by Crippen LogP contribution is 2.11. The predicted octanol–water partition coefficient (Wildman–Crippen LogP) is 5.68. The number of hydrogen-bond acceptors (Lipinski definition) is 1. The second-order valence-corrected chi connectivity index (χ2v) is 4.86. The maximum Gasteiger partial charge on any atom is 0.119 e. The molecule has 0 saturated heterocycles. The Morgan fingerprint density at radius 1 is 0.850 bits per heavy atom.